The van der Waals surface area contributed by atoms with Crippen LogP contribution in [0.2, 0.25) is 0 Å². The fourth-order valence-electron chi connectivity index (χ4n) is 7.51. The number of nitrogens with zero attached hydrogens (tertiary/aromatic N) is 10. The van der Waals surface area contributed by atoms with Gasteiger partial charge in [0.25, 0.3) is 0 Å². The molecule has 2 aliphatic carbocycles. The van der Waals surface area contributed by atoms with Crippen molar-refractivity contribution in [3.05, 3.63) is 198 Å². The number of nitriles is 7. The van der Waals surface area contributed by atoms with Crippen LogP contribution in [0.4, 0.5) is 11.4 Å². The first-order valence-corrected chi connectivity index (χ1v) is 16.9. The Bertz CT molecular complexity index is 3020. The average molecular weight is 733 g/mol. The number of allylic oxidation sites excluding steroid dienone is 7. The Labute approximate surface area is 332 Å². The van der Waals surface area contributed by atoms with E-state index >= 15 is 0 Å². The molecule has 0 atom stereocenters. The van der Waals surface area contributed by atoms with Gasteiger partial charge in [-0.2, -0.15) is 36.8 Å². The van der Waals surface area contributed by atoms with Crippen LogP contribution in [0.15, 0.2) is 97.1 Å². The van der Waals surface area contributed by atoms with Gasteiger partial charge in [0.15, 0.2) is 11.4 Å². The van der Waals surface area contributed by atoms with Gasteiger partial charge in [0.05, 0.1) is 76.9 Å². The van der Waals surface area contributed by atoms with Crippen molar-refractivity contribution in [2.24, 2.45) is 0 Å². The third-order valence-electron chi connectivity index (χ3n) is 9.70. The van der Waals surface area contributed by atoms with Gasteiger partial charge in [0.1, 0.15) is 24.3 Å². The summed E-state index contributed by atoms with van der Waals surface area (Å²) in [6.07, 6.45) is 0. The third-order valence-corrected chi connectivity index (χ3v) is 9.70. The lowest BCUT2D eigenvalue weighted by Crippen LogP contribution is -2.05. The van der Waals surface area contributed by atoms with Crippen LogP contribution in [0.1, 0.15) is 66.8 Å². The average Bonchev–Trinajstić information content (AvgIpc) is 3.79. The molecule has 0 unspecified atom stereocenters. The van der Waals surface area contributed by atoms with Crippen LogP contribution in [0, 0.1) is 99.0 Å². The minimum atomic E-state index is -0.161. The maximum absolute atomic E-state index is 11.3. The Balaban J connectivity index is 1.79. The Kier molecular flexibility index (Phi) is 9.25. The van der Waals surface area contributed by atoms with Crippen molar-refractivity contribution in [3.63, 3.8) is 0 Å². The lowest BCUT2D eigenvalue weighted by molar-refractivity contribution is 1.38. The van der Waals surface area contributed by atoms with Crippen molar-refractivity contribution in [2.75, 3.05) is 0 Å². The van der Waals surface area contributed by atoms with Gasteiger partial charge in [-0.15, -0.1) is 0 Å². The van der Waals surface area contributed by atoms with Crippen LogP contribution in [-0.4, -0.2) is 0 Å². The van der Waals surface area contributed by atoms with Gasteiger partial charge in [0.2, 0.25) is 5.70 Å². The monoisotopic (exact) mass is 732 g/mol. The smallest absolute Gasteiger partial charge is 0.204 e. The van der Waals surface area contributed by atoms with E-state index in [4.69, 9.17) is 19.7 Å². The molecule has 0 radical (unpaired) electrons. The molecule has 0 fully saturated rings. The minimum Gasteiger partial charge on any atom is -0.239 e. The number of hydrogen-bond acceptors (Lipinski definition) is 7. The van der Waals surface area contributed by atoms with E-state index in [1.54, 1.807) is 60.7 Å². The molecule has 2 aliphatic rings. The van der Waals surface area contributed by atoms with Gasteiger partial charge < -0.3 is 0 Å². The van der Waals surface area contributed by atoms with Gasteiger partial charge in [-0.3, -0.25) is 0 Å². The topological polar surface area (TPSA) is 180 Å². The number of rotatable bonds is 4. The van der Waals surface area contributed by atoms with E-state index in [2.05, 4.69) is 44.9 Å². The highest BCUT2D eigenvalue weighted by Gasteiger charge is 2.43. The molecule has 10 heteroatoms. The molecule has 10 nitrogen and oxygen atoms in total. The van der Waals surface area contributed by atoms with Gasteiger partial charge >= 0.3 is 0 Å². The molecule has 7 rings (SSSR count). The number of fused-ring (bicyclic) bond motifs is 2. The van der Waals surface area contributed by atoms with Crippen LogP contribution >= 0.6 is 0 Å². The second-order valence-electron chi connectivity index (χ2n) is 12.6. The minimum absolute atomic E-state index is 0.00831. The maximum atomic E-state index is 11.3. The van der Waals surface area contributed by atoms with Crippen LogP contribution in [0.25, 0.3) is 59.2 Å². The molecular formula is C48H16N10. The molecule has 0 bridgehead atoms. The van der Waals surface area contributed by atoms with E-state index in [1.807, 2.05) is 12.1 Å². The molecule has 0 aliphatic heterocycles. The Morgan fingerprint density at radius 2 is 0.914 bits per heavy atom. The van der Waals surface area contributed by atoms with Crippen molar-refractivity contribution in [3.8, 4) is 42.5 Å². The summed E-state index contributed by atoms with van der Waals surface area (Å²) in [6.45, 7) is 23.9. The lowest BCUT2D eigenvalue weighted by atomic mass is 9.81. The molecule has 5 aromatic rings. The van der Waals surface area contributed by atoms with Gasteiger partial charge in [-0.25, -0.2) is 14.5 Å². The summed E-state index contributed by atoms with van der Waals surface area (Å²) in [5.74, 6) is 0. The predicted octanol–water partition coefficient (Wildman–Crippen LogP) is 10.4. The fourth-order valence-corrected chi connectivity index (χ4v) is 7.51. The third kappa shape index (κ3) is 5.50. The summed E-state index contributed by atoms with van der Waals surface area (Å²) >= 11 is 0. The Hall–Kier alpha value is -10.0. The highest BCUT2D eigenvalue weighted by Crippen LogP contribution is 2.59. The van der Waals surface area contributed by atoms with E-state index in [1.165, 1.54) is 36.4 Å². The highest BCUT2D eigenvalue weighted by atomic mass is 14.7. The summed E-state index contributed by atoms with van der Waals surface area (Å²) in [4.78, 5) is 10.9. The molecule has 0 spiro atoms. The molecule has 0 heterocycles. The maximum Gasteiger partial charge on any atom is 0.204 e. The summed E-state index contributed by atoms with van der Waals surface area (Å²) < 4.78 is 0. The zero-order chi connectivity index (χ0) is 41.1. The van der Waals surface area contributed by atoms with E-state index in [0.717, 1.165) is 0 Å². The molecule has 0 saturated heterocycles. The van der Waals surface area contributed by atoms with E-state index in [0.29, 0.717) is 11.1 Å². The first-order chi connectivity index (χ1) is 28.4. The molecule has 0 N–H and O–H groups in total. The van der Waals surface area contributed by atoms with Crippen molar-refractivity contribution < 1.29 is 0 Å². The second-order valence-corrected chi connectivity index (χ2v) is 12.6. The van der Waals surface area contributed by atoms with Crippen LogP contribution in [0.5, 0.6) is 0 Å². The molecule has 0 saturated carbocycles. The Morgan fingerprint density at radius 3 is 1.36 bits per heavy atom. The molecule has 0 amide bonds. The first-order valence-electron chi connectivity index (χ1n) is 16.9. The molecule has 58 heavy (non-hydrogen) atoms. The summed E-state index contributed by atoms with van der Waals surface area (Å²) in [5, 5.41) is 75.2. The zero-order valence-corrected chi connectivity index (χ0v) is 29.7. The van der Waals surface area contributed by atoms with Crippen LogP contribution in [-0.2, 0) is 0 Å². The highest BCUT2D eigenvalue weighted by molar-refractivity contribution is 6.35. The first kappa shape index (κ1) is 36.3. The zero-order valence-electron chi connectivity index (χ0n) is 29.7. The van der Waals surface area contributed by atoms with Gasteiger partial charge in [-0.1, -0.05) is 78.9 Å². The molecule has 258 valence electrons. The number of benzene rings is 5. The molecular weight excluding hydrogens is 717 g/mol. The summed E-state index contributed by atoms with van der Waals surface area (Å²) in [6, 6.07) is 40.7. The summed E-state index contributed by atoms with van der Waals surface area (Å²) in [5.41, 5.74) is 1.39. The quantitative estimate of drug-likeness (QED) is 0.130. The normalized spacial score (nSPS) is 13.6. The van der Waals surface area contributed by atoms with Crippen molar-refractivity contribution in [2.45, 2.75) is 0 Å². The van der Waals surface area contributed by atoms with Crippen LogP contribution < -0.4 is 0 Å². The van der Waals surface area contributed by atoms with Crippen molar-refractivity contribution in [1.82, 2.24) is 0 Å². The second kappa shape index (κ2) is 14.8. The van der Waals surface area contributed by atoms with E-state index in [-0.39, 0.29) is 112 Å². The van der Waals surface area contributed by atoms with Crippen molar-refractivity contribution >= 4 is 56.1 Å². The largest absolute Gasteiger partial charge is 0.239 e. The van der Waals surface area contributed by atoms with Crippen molar-refractivity contribution in [1.29, 1.82) is 36.8 Å². The van der Waals surface area contributed by atoms with E-state index < -0.39 is 0 Å². The van der Waals surface area contributed by atoms with Gasteiger partial charge in [0, 0.05) is 27.8 Å². The van der Waals surface area contributed by atoms with Crippen LogP contribution in [0.3, 0.4) is 0 Å². The Morgan fingerprint density at radius 1 is 0.448 bits per heavy atom. The predicted molar refractivity (Wildman–Crippen MR) is 214 cm³/mol. The molecule has 0 aromatic heterocycles. The lowest BCUT2D eigenvalue weighted by Gasteiger charge is -2.18. The van der Waals surface area contributed by atoms with Gasteiger partial charge in [-0.05, 0) is 57.2 Å². The number of hydrogen-bond donors (Lipinski definition) is 0. The molecule has 5 aromatic carbocycles. The standard InChI is InChI=1S/C48H16N10/c1-56-33-17-32(18-34(19-33)57-2)36(23-52)44-41(30-12-8-5-9-13-30)48(58-3)47-39(26-55)45-42(38(25-54)46(44)47)37(24-53)40(29-10-6-4-7-11-29)43(45)35(22-51)31-15-27(20-49)14-28(16-31)21-50/h4-19H/b43-35+,44-36+. The van der Waals surface area contributed by atoms with E-state index in [9.17, 15) is 36.8 Å². The summed E-state index contributed by atoms with van der Waals surface area (Å²) in [7, 11) is 0. The fraction of sp³-hybridized carbons (Fsp3) is 0. The SMILES string of the molecule is [C-]#[N+]C1=C(c2ccccc2)/C(=C(/C#N)c2cc([N+]#[C-])cc([N+]#[C-])c2)c2c(C#N)c3c(c(C#N)c21)/C(=C(\C#N)c1cc(C#N)cc(C#N)c1)C(c1ccccc1)=C3C#N.